The van der Waals surface area contributed by atoms with Gasteiger partial charge in [0.1, 0.15) is 5.54 Å². The first-order chi connectivity index (χ1) is 12.4. The molecule has 2 aromatic rings. The van der Waals surface area contributed by atoms with Crippen molar-refractivity contribution in [3.05, 3.63) is 52.5 Å². The second-order valence-electron chi connectivity index (χ2n) is 6.00. The van der Waals surface area contributed by atoms with Crippen LogP contribution in [0, 0.1) is 0 Å². The van der Waals surface area contributed by atoms with Crippen LogP contribution in [-0.2, 0) is 10.3 Å². The summed E-state index contributed by atoms with van der Waals surface area (Å²) in [5.41, 5.74) is 0.580. The average molecular weight is 431 g/mol. The van der Waals surface area contributed by atoms with Crippen molar-refractivity contribution in [1.29, 1.82) is 0 Å². The Morgan fingerprint density at radius 3 is 2.31 bits per heavy atom. The fraction of sp³-hybridized carbons (Fsp3) is 0.278. The minimum Gasteiger partial charge on any atom is -0.493 e. The number of benzene rings is 2. The molecule has 1 saturated heterocycles. The van der Waals surface area contributed by atoms with Gasteiger partial charge in [-0.25, -0.2) is 0 Å². The highest BCUT2D eigenvalue weighted by Gasteiger charge is 2.73. The van der Waals surface area contributed by atoms with E-state index in [1.807, 2.05) is 24.3 Å². The van der Waals surface area contributed by atoms with Gasteiger partial charge in [0.25, 0.3) is 5.91 Å². The summed E-state index contributed by atoms with van der Waals surface area (Å²) >= 11 is 20.8. The fourth-order valence-electron chi connectivity index (χ4n) is 3.64. The van der Waals surface area contributed by atoms with E-state index in [4.69, 9.17) is 44.3 Å². The van der Waals surface area contributed by atoms with Gasteiger partial charge in [0.05, 0.1) is 20.1 Å². The lowest BCUT2D eigenvalue weighted by molar-refractivity contribution is -0.154. The summed E-state index contributed by atoms with van der Waals surface area (Å²) < 4.78 is 9.24. The molecule has 2 aliphatic heterocycles. The third-order valence-electron chi connectivity index (χ3n) is 4.86. The SMILES string of the molecule is COc1cc2c(cc1OC)C1(c3ccc(Cl)cc3)N(CS2)C(=O)C1(Cl)Cl. The van der Waals surface area contributed by atoms with Crippen LogP contribution in [0.25, 0.3) is 0 Å². The predicted octanol–water partition coefficient (Wildman–Crippen LogP) is 4.68. The number of halogens is 3. The number of nitrogens with zero attached hydrogens (tertiary/aromatic N) is 1. The number of carbonyl (C=O) groups is 1. The molecule has 4 rings (SSSR count). The summed E-state index contributed by atoms with van der Waals surface area (Å²) in [5.74, 6) is 1.28. The molecule has 0 aliphatic carbocycles. The summed E-state index contributed by atoms with van der Waals surface area (Å²) in [7, 11) is 3.15. The molecular formula is C18H14Cl3NO3S. The third kappa shape index (κ3) is 2.15. The molecule has 26 heavy (non-hydrogen) atoms. The molecule has 2 aliphatic rings. The van der Waals surface area contributed by atoms with Crippen LogP contribution in [0.5, 0.6) is 11.5 Å². The van der Waals surface area contributed by atoms with E-state index in [1.54, 1.807) is 31.3 Å². The molecule has 4 nitrogen and oxygen atoms in total. The number of hydrogen-bond acceptors (Lipinski definition) is 4. The van der Waals surface area contributed by atoms with E-state index in [-0.39, 0.29) is 5.91 Å². The van der Waals surface area contributed by atoms with E-state index in [1.165, 1.54) is 11.8 Å². The lowest BCUT2D eigenvalue weighted by Gasteiger charge is -2.62. The number of amides is 1. The number of fused-ring (bicyclic) bond motifs is 3. The molecule has 0 N–H and O–H groups in total. The molecular weight excluding hydrogens is 417 g/mol. The van der Waals surface area contributed by atoms with Crippen LogP contribution >= 0.6 is 46.6 Å². The van der Waals surface area contributed by atoms with Crippen LogP contribution in [0.2, 0.25) is 5.02 Å². The highest BCUT2D eigenvalue weighted by molar-refractivity contribution is 7.99. The second kappa shape index (κ2) is 6.13. The van der Waals surface area contributed by atoms with Crippen LogP contribution in [0.1, 0.15) is 11.1 Å². The zero-order valence-corrected chi connectivity index (χ0v) is 17.0. The Hall–Kier alpha value is -1.27. The number of hydrogen-bond donors (Lipinski definition) is 0. The molecule has 0 radical (unpaired) electrons. The van der Waals surface area contributed by atoms with E-state index in [0.717, 1.165) is 16.0 Å². The molecule has 0 bridgehead atoms. The van der Waals surface area contributed by atoms with Gasteiger partial charge < -0.3 is 14.4 Å². The number of methoxy groups -OCH3 is 2. The molecule has 1 unspecified atom stereocenters. The average Bonchev–Trinajstić information content (AvgIpc) is 2.65. The highest BCUT2D eigenvalue weighted by atomic mass is 35.5. The van der Waals surface area contributed by atoms with Crippen LogP contribution in [0.3, 0.4) is 0 Å². The second-order valence-corrected chi connectivity index (χ2v) is 8.75. The van der Waals surface area contributed by atoms with E-state index in [9.17, 15) is 4.79 Å². The van der Waals surface area contributed by atoms with E-state index >= 15 is 0 Å². The summed E-state index contributed by atoms with van der Waals surface area (Å²) in [6.45, 7) is 0. The standard InChI is InChI=1S/C18H14Cl3NO3S/c1-24-13-7-12-15(8-14(13)25-2)26-9-22-16(23)18(20,21)17(12,22)10-3-5-11(19)6-4-10/h3-8H,9H2,1-2H3. The third-order valence-corrected chi connectivity index (χ3v) is 7.02. The van der Waals surface area contributed by atoms with E-state index in [0.29, 0.717) is 22.4 Å². The van der Waals surface area contributed by atoms with E-state index in [2.05, 4.69) is 0 Å². The number of thioether (sulfide) groups is 1. The minimum absolute atomic E-state index is 0.316. The summed E-state index contributed by atoms with van der Waals surface area (Å²) in [6.07, 6.45) is 0. The van der Waals surface area contributed by atoms with Crippen molar-refractivity contribution in [2.45, 2.75) is 14.8 Å². The lowest BCUT2D eigenvalue weighted by atomic mass is 9.71. The largest absolute Gasteiger partial charge is 0.493 e. The molecule has 2 heterocycles. The molecule has 0 aromatic heterocycles. The molecule has 1 atom stereocenters. The van der Waals surface area contributed by atoms with Gasteiger partial charge in [-0.1, -0.05) is 46.9 Å². The first kappa shape index (κ1) is 18.1. The molecule has 2 aromatic carbocycles. The maximum absolute atomic E-state index is 12.6. The Balaban J connectivity index is 2.02. The smallest absolute Gasteiger partial charge is 0.264 e. The summed E-state index contributed by atoms with van der Waals surface area (Å²) in [4.78, 5) is 15.2. The summed E-state index contributed by atoms with van der Waals surface area (Å²) in [5, 5.41) is 0.592. The maximum atomic E-state index is 12.6. The van der Waals surface area contributed by atoms with Gasteiger partial charge in [0.2, 0.25) is 4.33 Å². The summed E-state index contributed by atoms with van der Waals surface area (Å²) in [6, 6.07) is 10.9. The van der Waals surface area contributed by atoms with Gasteiger partial charge in [-0.3, -0.25) is 4.79 Å². The van der Waals surface area contributed by atoms with Gasteiger partial charge in [0.15, 0.2) is 11.5 Å². The Kier molecular flexibility index (Phi) is 4.27. The number of β-lactam (4-membered cyclic amide) rings is 1. The molecule has 0 spiro atoms. The van der Waals surface area contributed by atoms with Crippen LogP contribution < -0.4 is 9.47 Å². The van der Waals surface area contributed by atoms with Crippen LogP contribution in [0.4, 0.5) is 0 Å². The fourth-order valence-corrected chi connectivity index (χ4v) is 5.73. The molecule has 1 amide bonds. The first-order valence-corrected chi connectivity index (χ1v) is 9.85. The van der Waals surface area contributed by atoms with Crippen molar-refractivity contribution in [2.24, 2.45) is 0 Å². The Morgan fingerprint density at radius 1 is 1.08 bits per heavy atom. The maximum Gasteiger partial charge on any atom is 0.264 e. The molecule has 8 heteroatoms. The Morgan fingerprint density at radius 2 is 1.69 bits per heavy atom. The number of ether oxygens (including phenoxy) is 2. The predicted molar refractivity (Wildman–Crippen MR) is 104 cm³/mol. The first-order valence-electron chi connectivity index (χ1n) is 7.73. The van der Waals surface area contributed by atoms with E-state index < -0.39 is 9.87 Å². The van der Waals surface area contributed by atoms with Gasteiger partial charge in [0, 0.05) is 15.5 Å². The van der Waals surface area contributed by atoms with Gasteiger partial charge in [-0.2, -0.15) is 0 Å². The van der Waals surface area contributed by atoms with Crippen molar-refractivity contribution >= 4 is 52.5 Å². The number of alkyl halides is 2. The number of carbonyl (C=O) groups excluding carboxylic acids is 1. The van der Waals surface area contributed by atoms with Crippen LogP contribution in [-0.4, -0.2) is 35.2 Å². The molecule has 136 valence electrons. The Bertz CT molecular complexity index is 903. The number of rotatable bonds is 3. The monoisotopic (exact) mass is 429 g/mol. The van der Waals surface area contributed by atoms with Gasteiger partial charge in [-0.05, 0) is 29.8 Å². The van der Waals surface area contributed by atoms with Gasteiger partial charge >= 0.3 is 0 Å². The highest BCUT2D eigenvalue weighted by Crippen LogP contribution is 2.64. The molecule has 0 saturated carbocycles. The normalized spacial score (nSPS) is 23.0. The molecule has 1 fully saturated rings. The zero-order valence-electron chi connectivity index (χ0n) is 13.9. The zero-order chi connectivity index (χ0) is 18.7. The quantitative estimate of drug-likeness (QED) is 0.523. The topological polar surface area (TPSA) is 38.8 Å². The van der Waals surface area contributed by atoms with Crippen molar-refractivity contribution in [3.63, 3.8) is 0 Å². The van der Waals surface area contributed by atoms with Crippen molar-refractivity contribution in [2.75, 3.05) is 20.1 Å². The van der Waals surface area contributed by atoms with Crippen molar-refractivity contribution in [1.82, 2.24) is 4.90 Å². The minimum atomic E-state index is -1.63. The van der Waals surface area contributed by atoms with Crippen molar-refractivity contribution < 1.29 is 14.3 Å². The van der Waals surface area contributed by atoms with Crippen LogP contribution in [0.15, 0.2) is 41.3 Å². The lowest BCUT2D eigenvalue weighted by Crippen LogP contribution is -2.76. The van der Waals surface area contributed by atoms with Gasteiger partial charge in [-0.15, -0.1) is 11.8 Å². The Labute approximate surface area is 170 Å². The van der Waals surface area contributed by atoms with Crippen molar-refractivity contribution in [3.8, 4) is 11.5 Å².